The van der Waals surface area contributed by atoms with Crippen LogP contribution in [0.15, 0.2) is 18.2 Å². The zero-order valence-corrected chi connectivity index (χ0v) is 10.8. The van der Waals surface area contributed by atoms with Crippen LogP contribution in [0.3, 0.4) is 0 Å². The molecule has 0 spiro atoms. The lowest BCUT2D eigenvalue weighted by Crippen LogP contribution is -2.31. The highest BCUT2D eigenvalue weighted by Crippen LogP contribution is 2.40. The number of nitrogen functional groups attached to an aromatic ring is 1. The maximum Gasteiger partial charge on any atom is 0.265 e. The Kier molecular flexibility index (Phi) is 3.46. The number of hydrogen-bond donors (Lipinski definition) is 2. The fourth-order valence-corrected chi connectivity index (χ4v) is 2.68. The summed E-state index contributed by atoms with van der Waals surface area (Å²) >= 11 is 0. The molecular formula is C14H20F2N2. The van der Waals surface area contributed by atoms with Crippen LogP contribution in [-0.4, -0.2) is 6.04 Å². The van der Waals surface area contributed by atoms with Gasteiger partial charge < -0.3 is 11.1 Å². The van der Waals surface area contributed by atoms with Crippen LogP contribution in [0.4, 0.5) is 20.2 Å². The minimum Gasteiger partial charge on any atom is -0.399 e. The summed E-state index contributed by atoms with van der Waals surface area (Å²) in [7, 11) is 0. The van der Waals surface area contributed by atoms with Crippen LogP contribution in [-0.2, 0) is 0 Å². The van der Waals surface area contributed by atoms with E-state index in [1.807, 2.05) is 0 Å². The third kappa shape index (κ3) is 2.57. The van der Waals surface area contributed by atoms with E-state index in [0.29, 0.717) is 11.4 Å². The molecule has 1 fully saturated rings. The molecule has 2 rings (SSSR count). The van der Waals surface area contributed by atoms with Gasteiger partial charge in [-0.2, -0.15) is 0 Å². The third-order valence-electron chi connectivity index (χ3n) is 3.90. The molecule has 0 aromatic heterocycles. The summed E-state index contributed by atoms with van der Waals surface area (Å²) in [5.74, 6) is 0. The summed E-state index contributed by atoms with van der Waals surface area (Å²) in [4.78, 5) is 0. The van der Waals surface area contributed by atoms with Crippen LogP contribution in [0.25, 0.3) is 0 Å². The van der Waals surface area contributed by atoms with Crippen molar-refractivity contribution in [2.45, 2.75) is 45.6 Å². The molecule has 0 bridgehead atoms. The average Bonchev–Trinajstić information content (AvgIpc) is 2.60. The summed E-state index contributed by atoms with van der Waals surface area (Å²) in [5.41, 5.74) is 6.61. The normalized spacial score (nSPS) is 22.4. The number of anilines is 2. The molecule has 18 heavy (non-hydrogen) atoms. The number of halogens is 2. The van der Waals surface area contributed by atoms with Crippen molar-refractivity contribution < 1.29 is 8.78 Å². The highest BCUT2D eigenvalue weighted by Gasteiger charge is 2.34. The van der Waals surface area contributed by atoms with Crippen molar-refractivity contribution >= 4 is 11.4 Å². The molecule has 1 aliphatic rings. The molecule has 100 valence electrons. The van der Waals surface area contributed by atoms with Gasteiger partial charge in [-0.15, -0.1) is 0 Å². The Morgan fingerprint density at radius 2 is 2.11 bits per heavy atom. The first-order chi connectivity index (χ1) is 8.40. The van der Waals surface area contributed by atoms with E-state index in [4.69, 9.17) is 5.73 Å². The first-order valence-electron chi connectivity index (χ1n) is 6.34. The molecule has 1 saturated carbocycles. The summed E-state index contributed by atoms with van der Waals surface area (Å²) in [5, 5.41) is 3.27. The molecule has 0 radical (unpaired) electrons. The van der Waals surface area contributed by atoms with Crippen LogP contribution in [0.2, 0.25) is 0 Å². The number of alkyl halides is 2. The average molecular weight is 254 g/mol. The second-order valence-corrected chi connectivity index (χ2v) is 5.73. The molecule has 0 aliphatic heterocycles. The van der Waals surface area contributed by atoms with E-state index in [-0.39, 0.29) is 17.0 Å². The number of hydrogen-bond acceptors (Lipinski definition) is 2. The molecule has 4 heteroatoms. The van der Waals surface area contributed by atoms with Gasteiger partial charge in [-0.1, -0.05) is 20.3 Å². The van der Waals surface area contributed by atoms with E-state index in [9.17, 15) is 8.78 Å². The van der Waals surface area contributed by atoms with Gasteiger partial charge in [0, 0.05) is 23.0 Å². The van der Waals surface area contributed by atoms with Gasteiger partial charge in [-0.3, -0.25) is 0 Å². The summed E-state index contributed by atoms with van der Waals surface area (Å²) in [6.07, 6.45) is 0.799. The van der Waals surface area contributed by atoms with Crippen LogP contribution in [0.1, 0.15) is 45.1 Å². The summed E-state index contributed by atoms with van der Waals surface area (Å²) in [6, 6.07) is 4.93. The van der Waals surface area contributed by atoms with Crippen molar-refractivity contribution in [3.05, 3.63) is 23.8 Å². The van der Waals surface area contributed by atoms with E-state index < -0.39 is 6.43 Å². The molecule has 1 aromatic carbocycles. The lowest BCUT2D eigenvalue weighted by molar-refractivity contribution is 0.152. The molecule has 1 atom stereocenters. The van der Waals surface area contributed by atoms with Crippen LogP contribution >= 0.6 is 0 Å². The third-order valence-corrected chi connectivity index (χ3v) is 3.90. The second-order valence-electron chi connectivity index (χ2n) is 5.73. The fourth-order valence-electron chi connectivity index (χ4n) is 2.68. The minimum atomic E-state index is -2.50. The van der Waals surface area contributed by atoms with Crippen molar-refractivity contribution in [1.29, 1.82) is 0 Å². The molecule has 1 aromatic rings. The minimum absolute atomic E-state index is 0.00213. The Labute approximate surface area is 107 Å². The molecule has 1 aliphatic carbocycles. The van der Waals surface area contributed by atoms with Crippen LogP contribution in [0, 0.1) is 5.41 Å². The topological polar surface area (TPSA) is 38.0 Å². The Morgan fingerprint density at radius 3 is 2.67 bits per heavy atom. The fraction of sp³-hybridized carbons (Fsp3) is 0.571. The molecule has 2 nitrogen and oxygen atoms in total. The Morgan fingerprint density at radius 1 is 1.39 bits per heavy atom. The zero-order valence-electron chi connectivity index (χ0n) is 10.8. The predicted octanol–water partition coefficient (Wildman–Crippen LogP) is 4.20. The van der Waals surface area contributed by atoms with E-state index in [2.05, 4.69) is 19.2 Å². The number of nitrogens with two attached hydrogens (primary N) is 1. The first-order valence-corrected chi connectivity index (χ1v) is 6.34. The number of rotatable bonds is 3. The van der Waals surface area contributed by atoms with Crippen LogP contribution < -0.4 is 11.1 Å². The number of benzene rings is 1. The lowest BCUT2D eigenvalue weighted by Gasteiger charge is -2.29. The summed E-state index contributed by atoms with van der Waals surface area (Å²) in [6.45, 7) is 4.36. The van der Waals surface area contributed by atoms with Gasteiger partial charge >= 0.3 is 0 Å². The number of nitrogens with one attached hydrogen (secondary N) is 1. The standard InChI is InChI=1S/C14H20F2N2/c1-14(2)7-3-4-12(14)18-11-6-5-9(17)8-10(11)13(15)16/h5-6,8,12-13,18H,3-4,7,17H2,1-2H3. The quantitative estimate of drug-likeness (QED) is 0.793. The van der Waals surface area contributed by atoms with Gasteiger partial charge in [-0.25, -0.2) is 8.78 Å². The molecule has 3 N–H and O–H groups in total. The van der Waals surface area contributed by atoms with E-state index in [1.165, 1.54) is 6.07 Å². The van der Waals surface area contributed by atoms with E-state index in [0.717, 1.165) is 19.3 Å². The van der Waals surface area contributed by atoms with Crippen LogP contribution in [0.5, 0.6) is 0 Å². The monoisotopic (exact) mass is 254 g/mol. The second kappa shape index (κ2) is 4.75. The van der Waals surface area contributed by atoms with Crippen molar-refractivity contribution in [1.82, 2.24) is 0 Å². The SMILES string of the molecule is CC1(C)CCCC1Nc1ccc(N)cc1C(F)F. The smallest absolute Gasteiger partial charge is 0.265 e. The Balaban J connectivity index is 2.24. The van der Waals surface area contributed by atoms with Crippen molar-refractivity contribution in [2.75, 3.05) is 11.1 Å². The van der Waals surface area contributed by atoms with Gasteiger partial charge in [0.05, 0.1) is 0 Å². The largest absolute Gasteiger partial charge is 0.399 e. The molecular weight excluding hydrogens is 234 g/mol. The summed E-state index contributed by atoms with van der Waals surface area (Å²) < 4.78 is 26.0. The Bertz CT molecular complexity index is 430. The molecule has 1 unspecified atom stereocenters. The highest BCUT2D eigenvalue weighted by molar-refractivity contribution is 5.59. The first kappa shape index (κ1) is 13.1. The lowest BCUT2D eigenvalue weighted by atomic mass is 9.87. The van der Waals surface area contributed by atoms with E-state index >= 15 is 0 Å². The van der Waals surface area contributed by atoms with Gasteiger partial charge in [0.2, 0.25) is 0 Å². The maximum absolute atomic E-state index is 13.0. The van der Waals surface area contributed by atoms with Crippen molar-refractivity contribution in [2.24, 2.45) is 5.41 Å². The maximum atomic E-state index is 13.0. The molecule has 0 heterocycles. The van der Waals surface area contributed by atoms with Gasteiger partial charge in [0.15, 0.2) is 0 Å². The zero-order chi connectivity index (χ0) is 13.3. The molecule has 0 amide bonds. The Hall–Kier alpha value is -1.32. The van der Waals surface area contributed by atoms with Crippen molar-refractivity contribution in [3.63, 3.8) is 0 Å². The van der Waals surface area contributed by atoms with E-state index in [1.54, 1.807) is 12.1 Å². The predicted molar refractivity (Wildman–Crippen MR) is 70.9 cm³/mol. The van der Waals surface area contributed by atoms with Gasteiger partial charge in [-0.05, 0) is 36.5 Å². The highest BCUT2D eigenvalue weighted by atomic mass is 19.3. The van der Waals surface area contributed by atoms with Crippen molar-refractivity contribution in [3.8, 4) is 0 Å². The molecule has 0 saturated heterocycles. The van der Waals surface area contributed by atoms with Gasteiger partial charge in [0.25, 0.3) is 6.43 Å². The van der Waals surface area contributed by atoms with Gasteiger partial charge in [0.1, 0.15) is 0 Å².